The molecular weight excluding hydrogens is 377 g/mol. The fraction of sp³-hybridized carbons (Fsp3) is 0.562. The number of aliphatic hydroxyl groups excluding tert-OH is 1. The maximum atomic E-state index is 13.1. The number of alkyl halides is 3. The summed E-state index contributed by atoms with van der Waals surface area (Å²) in [5.74, 6) is -3.32. The van der Waals surface area contributed by atoms with Crippen molar-refractivity contribution in [3.63, 3.8) is 0 Å². The first-order valence-electron chi connectivity index (χ1n) is 7.88. The van der Waals surface area contributed by atoms with Gasteiger partial charge < -0.3 is 9.84 Å². The third-order valence-corrected chi connectivity index (χ3v) is 6.10. The lowest BCUT2D eigenvalue weighted by Crippen LogP contribution is -2.49. The van der Waals surface area contributed by atoms with Gasteiger partial charge >= 0.3 is 6.18 Å². The van der Waals surface area contributed by atoms with Crippen LogP contribution in [-0.2, 0) is 20.5 Å². The molecule has 10 heteroatoms. The van der Waals surface area contributed by atoms with E-state index in [9.17, 15) is 27.9 Å². The first kappa shape index (κ1) is 17.7. The molecule has 0 aliphatic carbocycles. The van der Waals surface area contributed by atoms with Gasteiger partial charge in [0.25, 0.3) is 0 Å². The molecule has 4 rings (SSSR count). The Morgan fingerprint density at radius 1 is 1.27 bits per heavy atom. The van der Waals surface area contributed by atoms with E-state index >= 15 is 0 Å². The number of rotatable bonds is 1. The van der Waals surface area contributed by atoms with Crippen molar-refractivity contribution in [2.24, 2.45) is 11.8 Å². The van der Waals surface area contributed by atoms with Crippen LogP contribution in [0.15, 0.2) is 12.4 Å². The van der Waals surface area contributed by atoms with E-state index in [0.29, 0.717) is 11.1 Å². The second-order valence-corrected chi connectivity index (χ2v) is 7.68. The Labute approximate surface area is 150 Å². The zero-order chi connectivity index (χ0) is 19.2. The van der Waals surface area contributed by atoms with E-state index in [0.717, 1.165) is 6.20 Å². The molecule has 3 saturated heterocycles. The average molecular weight is 391 g/mol. The summed E-state index contributed by atoms with van der Waals surface area (Å²) in [6.07, 6.45) is -4.08. The van der Waals surface area contributed by atoms with Crippen LogP contribution < -0.4 is 4.90 Å². The second kappa shape index (κ2) is 4.96. The lowest BCUT2D eigenvalue weighted by Gasteiger charge is -2.31. The molecule has 3 aliphatic rings. The van der Waals surface area contributed by atoms with Crippen molar-refractivity contribution in [3.8, 4) is 0 Å². The average Bonchev–Trinajstić information content (AvgIpc) is 3.01. The van der Waals surface area contributed by atoms with Crippen molar-refractivity contribution in [2.45, 2.75) is 43.8 Å². The Hall–Kier alpha value is -1.71. The molecular formula is C16H14ClF3N2O4. The molecule has 26 heavy (non-hydrogen) atoms. The van der Waals surface area contributed by atoms with Crippen LogP contribution >= 0.6 is 11.6 Å². The standard InChI is InChI=1S/C16H14ClF3N2O4/c1-14-3-8(23)15(2,26-14)10-9(14)12(24)22(13(10)25)7-5-21-4-6(11(7)17)16(18,19)20/h4-5,8-10,23H,3H2,1-2H3/t8-,9+,10-,14?,15?/m0/s1. The third kappa shape index (κ3) is 1.99. The minimum atomic E-state index is -4.78. The zero-order valence-electron chi connectivity index (χ0n) is 13.7. The second-order valence-electron chi connectivity index (χ2n) is 7.30. The number of imide groups is 1. The highest BCUT2D eigenvalue weighted by molar-refractivity contribution is 6.36. The van der Waals surface area contributed by atoms with Crippen molar-refractivity contribution in [3.05, 3.63) is 23.0 Å². The molecule has 2 amide bonds. The lowest BCUT2D eigenvalue weighted by molar-refractivity contribution is -0.138. The number of ether oxygens (including phenoxy) is 1. The molecule has 4 heterocycles. The maximum absolute atomic E-state index is 13.1. The van der Waals surface area contributed by atoms with Crippen LogP contribution in [0.25, 0.3) is 0 Å². The Kier molecular flexibility index (Phi) is 3.38. The third-order valence-electron chi connectivity index (χ3n) is 5.70. The first-order valence-corrected chi connectivity index (χ1v) is 8.26. The van der Waals surface area contributed by atoms with Gasteiger partial charge in [-0.15, -0.1) is 0 Å². The van der Waals surface area contributed by atoms with Crippen LogP contribution in [0.4, 0.5) is 18.9 Å². The smallest absolute Gasteiger partial charge is 0.390 e. The Morgan fingerprint density at radius 3 is 2.50 bits per heavy atom. The lowest BCUT2D eigenvalue weighted by atomic mass is 9.67. The number of halogens is 4. The van der Waals surface area contributed by atoms with Crippen LogP contribution in [0.5, 0.6) is 0 Å². The molecule has 0 aromatic carbocycles. The largest absolute Gasteiger partial charge is 0.419 e. The topological polar surface area (TPSA) is 79.7 Å². The molecule has 0 spiro atoms. The summed E-state index contributed by atoms with van der Waals surface area (Å²) >= 11 is 5.86. The number of aromatic nitrogens is 1. The highest BCUT2D eigenvalue weighted by atomic mass is 35.5. The van der Waals surface area contributed by atoms with Gasteiger partial charge in [-0.05, 0) is 13.8 Å². The van der Waals surface area contributed by atoms with Gasteiger partial charge in [0.15, 0.2) is 0 Å². The number of amides is 2. The summed E-state index contributed by atoms with van der Waals surface area (Å²) in [6.45, 7) is 3.15. The summed E-state index contributed by atoms with van der Waals surface area (Å²) in [6, 6.07) is 0. The van der Waals surface area contributed by atoms with Gasteiger partial charge in [-0.2, -0.15) is 13.2 Å². The van der Waals surface area contributed by atoms with Gasteiger partial charge in [-0.1, -0.05) is 11.6 Å². The summed E-state index contributed by atoms with van der Waals surface area (Å²) < 4.78 is 45.1. The summed E-state index contributed by atoms with van der Waals surface area (Å²) in [4.78, 5) is 30.0. The highest BCUT2D eigenvalue weighted by Crippen LogP contribution is 2.61. The number of carbonyl (C=O) groups excluding carboxylic acids is 2. The molecule has 3 fully saturated rings. The maximum Gasteiger partial charge on any atom is 0.419 e. The van der Waals surface area contributed by atoms with Crippen LogP contribution in [0, 0.1) is 11.8 Å². The van der Waals surface area contributed by atoms with E-state index in [1.54, 1.807) is 6.92 Å². The van der Waals surface area contributed by atoms with Crippen molar-refractivity contribution in [1.82, 2.24) is 4.98 Å². The van der Waals surface area contributed by atoms with Crippen molar-refractivity contribution in [2.75, 3.05) is 4.90 Å². The molecule has 1 aromatic rings. The van der Waals surface area contributed by atoms with Crippen LogP contribution in [-0.4, -0.2) is 39.2 Å². The van der Waals surface area contributed by atoms with Gasteiger partial charge in [0, 0.05) is 12.6 Å². The van der Waals surface area contributed by atoms with Gasteiger partial charge in [0.2, 0.25) is 11.8 Å². The number of nitrogens with zero attached hydrogens (tertiary/aromatic N) is 2. The molecule has 140 valence electrons. The highest BCUT2D eigenvalue weighted by Gasteiger charge is 2.75. The molecule has 6 nitrogen and oxygen atoms in total. The van der Waals surface area contributed by atoms with E-state index in [2.05, 4.69) is 4.98 Å². The number of aliphatic hydroxyl groups is 1. The van der Waals surface area contributed by atoms with Crippen LogP contribution in [0.1, 0.15) is 25.8 Å². The van der Waals surface area contributed by atoms with Crippen LogP contribution in [0.3, 0.4) is 0 Å². The molecule has 5 atom stereocenters. The number of fused-ring (bicyclic) bond motifs is 5. The minimum Gasteiger partial charge on any atom is -0.390 e. The van der Waals surface area contributed by atoms with Gasteiger partial charge in [-0.3, -0.25) is 14.6 Å². The monoisotopic (exact) mass is 390 g/mol. The predicted octanol–water partition coefficient (Wildman–Crippen LogP) is 2.17. The fourth-order valence-electron chi connectivity index (χ4n) is 4.55. The van der Waals surface area contributed by atoms with Gasteiger partial charge in [-0.25, -0.2) is 4.90 Å². The summed E-state index contributed by atoms with van der Waals surface area (Å²) in [5, 5.41) is 9.50. The molecule has 3 aliphatic heterocycles. The molecule has 1 aromatic heterocycles. The van der Waals surface area contributed by atoms with Crippen molar-refractivity contribution in [1.29, 1.82) is 0 Å². The Balaban J connectivity index is 1.83. The molecule has 1 N–H and O–H groups in total. The number of carbonyl (C=O) groups is 2. The predicted molar refractivity (Wildman–Crippen MR) is 82.2 cm³/mol. The van der Waals surface area contributed by atoms with E-state index in [1.165, 1.54) is 6.92 Å². The number of pyridine rings is 1. The molecule has 0 saturated carbocycles. The van der Waals surface area contributed by atoms with Crippen molar-refractivity contribution >= 4 is 29.1 Å². The number of hydrogen-bond acceptors (Lipinski definition) is 5. The van der Waals surface area contributed by atoms with E-state index < -0.39 is 63.4 Å². The van der Waals surface area contributed by atoms with E-state index in [4.69, 9.17) is 16.3 Å². The fourth-order valence-corrected chi connectivity index (χ4v) is 4.84. The van der Waals surface area contributed by atoms with E-state index in [-0.39, 0.29) is 6.42 Å². The van der Waals surface area contributed by atoms with Crippen molar-refractivity contribution < 1.29 is 32.6 Å². The van der Waals surface area contributed by atoms with Gasteiger partial charge in [0.05, 0.1) is 46.0 Å². The molecule has 2 unspecified atom stereocenters. The summed E-state index contributed by atoms with van der Waals surface area (Å²) in [5.41, 5.74) is -3.98. The first-order chi connectivity index (χ1) is 11.9. The number of hydrogen-bond donors (Lipinski definition) is 1. The molecule has 2 bridgehead atoms. The summed E-state index contributed by atoms with van der Waals surface area (Å²) in [7, 11) is 0. The number of anilines is 1. The SMILES string of the molecule is CC12C[C@H](O)C(C)(O1)[C@@H]1C(=O)N(c3cncc(C(F)(F)F)c3Cl)C(=O)[C@@H]12. The normalized spacial score (nSPS) is 39.0. The van der Waals surface area contributed by atoms with Crippen LogP contribution in [0.2, 0.25) is 5.02 Å². The quantitative estimate of drug-likeness (QED) is 0.743. The van der Waals surface area contributed by atoms with Gasteiger partial charge in [0.1, 0.15) is 5.60 Å². The Bertz CT molecular complexity index is 847. The Morgan fingerprint density at radius 2 is 1.88 bits per heavy atom. The molecule has 0 radical (unpaired) electrons. The zero-order valence-corrected chi connectivity index (χ0v) is 14.4. The van der Waals surface area contributed by atoms with E-state index in [1.807, 2.05) is 0 Å². The minimum absolute atomic E-state index is 0.159.